The first-order valence-electron chi connectivity index (χ1n) is 7.89. The number of amides is 3. The second-order valence-corrected chi connectivity index (χ2v) is 5.83. The lowest BCUT2D eigenvalue weighted by atomic mass is 10.0. The highest BCUT2D eigenvalue weighted by molar-refractivity contribution is 6.03. The lowest BCUT2D eigenvalue weighted by Crippen LogP contribution is -2.30. The molecule has 0 fully saturated rings. The van der Waals surface area contributed by atoms with Crippen LogP contribution in [0.15, 0.2) is 48.5 Å². The van der Waals surface area contributed by atoms with Crippen LogP contribution >= 0.6 is 0 Å². The van der Waals surface area contributed by atoms with Crippen molar-refractivity contribution in [2.75, 3.05) is 5.32 Å². The quantitative estimate of drug-likeness (QED) is 0.752. The first kappa shape index (κ1) is 18.2. The Bertz CT molecular complexity index is 785. The molecular weight excluding hydrogens is 318 g/mol. The van der Waals surface area contributed by atoms with E-state index in [0.717, 1.165) is 11.1 Å². The lowest BCUT2D eigenvalue weighted by molar-refractivity contribution is -0.120. The number of para-hydroxylation sites is 1. The molecule has 0 bridgehead atoms. The van der Waals surface area contributed by atoms with Crippen LogP contribution in [-0.4, -0.2) is 17.7 Å². The predicted octanol–water partition coefficient (Wildman–Crippen LogP) is 2.30. The van der Waals surface area contributed by atoms with Crippen LogP contribution in [0.3, 0.4) is 0 Å². The summed E-state index contributed by atoms with van der Waals surface area (Å²) in [6.45, 7) is 3.37. The number of rotatable bonds is 6. The molecule has 0 saturated carbocycles. The van der Waals surface area contributed by atoms with Gasteiger partial charge in [0.1, 0.15) is 0 Å². The van der Waals surface area contributed by atoms with Gasteiger partial charge in [0.15, 0.2) is 0 Å². The monoisotopic (exact) mass is 339 g/mol. The van der Waals surface area contributed by atoms with Gasteiger partial charge in [0, 0.05) is 6.92 Å². The molecule has 0 aliphatic heterocycles. The minimum Gasteiger partial charge on any atom is -0.366 e. The topological polar surface area (TPSA) is 101 Å². The van der Waals surface area contributed by atoms with Crippen molar-refractivity contribution in [1.82, 2.24) is 5.32 Å². The van der Waals surface area contributed by atoms with Crippen LogP contribution in [0.2, 0.25) is 0 Å². The average Bonchev–Trinajstić information content (AvgIpc) is 2.54. The highest BCUT2D eigenvalue weighted by Crippen LogP contribution is 2.20. The van der Waals surface area contributed by atoms with E-state index >= 15 is 0 Å². The number of hydrogen-bond acceptors (Lipinski definition) is 3. The third-order valence-corrected chi connectivity index (χ3v) is 3.71. The predicted molar refractivity (Wildman–Crippen MR) is 95.9 cm³/mol. The van der Waals surface area contributed by atoms with E-state index in [2.05, 4.69) is 10.6 Å². The van der Waals surface area contributed by atoms with Crippen LogP contribution < -0.4 is 16.4 Å². The van der Waals surface area contributed by atoms with E-state index in [9.17, 15) is 14.4 Å². The molecule has 1 atom stereocenters. The Morgan fingerprint density at radius 1 is 1.04 bits per heavy atom. The number of nitrogens with two attached hydrogens (primary N) is 1. The molecule has 4 N–H and O–H groups in total. The van der Waals surface area contributed by atoms with E-state index in [1.165, 1.54) is 6.92 Å². The summed E-state index contributed by atoms with van der Waals surface area (Å²) in [5.41, 5.74) is 7.83. The molecule has 3 amide bonds. The van der Waals surface area contributed by atoms with Crippen molar-refractivity contribution in [3.63, 3.8) is 0 Å². The first-order chi connectivity index (χ1) is 11.9. The molecule has 130 valence electrons. The molecule has 0 aromatic heterocycles. The molecule has 0 radical (unpaired) electrons. The van der Waals surface area contributed by atoms with Gasteiger partial charge in [0.2, 0.25) is 11.8 Å². The van der Waals surface area contributed by atoms with Crippen LogP contribution in [0.4, 0.5) is 5.69 Å². The molecule has 0 aliphatic rings. The largest absolute Gasteiger partial charge is 0.366 e. The number of aryl methyl sites for hydroxylation is 1. The standard InChI is InChI=1S/C19H21N3O3/c1-12-7-9-14(10-8-12)17(21-13(2)23)11-18(24)22-16-6-4-3-5-15(16)19(20)25/h3-10,17H,11H2,1-2H3,(H2,20,25)(H,21,23)(H,22,24). The minimum atomic E-state index is -0.618. The Kier molecular flexibility index (Phi) is 5.89. The summed E-state index contributed by atoms with van der Waals surface area (Å²) in [6.07, 6.45) is 0.0374. The maximum atomic E-state index is 12.4. The Labute approximate surface area is 146 Å². The van der Waals surface area contributed by atoms with Crippen LogP contribution in [0, 0.1) is 6.92 Å². The Hall–Kier alpha value is -3.15. The van der Waals surface area contributed by atoms with Crippen molar-refractivity contribution >= 4 is 23.4 Å². The van der Waals surface area contributed by atoms with Gasteiger partial charge in [-0.3, -0.25) is 14.4 Å². The fraction of sp³-hybridized carbons (Fsp3) is 0.211. The number of nitrogens with one attached hydrogen (secondary N) is 2. The van der Waals surface area contributed by atoms with E-state index in [1.54, 1.807) is 24.3 Å². The Morgan fingerprint density at radius 3 is 2.28 bits per heavy atom. The zero-order chi connectivity index (χ0) is 18.4. The second-order valence-electron chi connectivity index (χ2n) is 5.83. The number of carbonyl (C=O) groups excluding carboxylic acids is 3. The zero-order valence-corrected chi connectivity index (χ0v) is 14.2. The van der Waals surface area contributed by atoms with Gasteiger partial charge in [-0.2, -0.15) is 0 Å². The molecule has 25 heavy (non-hydrogen) atoms. The van der Waals surface area contributed by atoms with E-state index < -0.39 is 11.9 Å². The van der Waals surface area contributed by atoms with Gasteiger partial charge in [0.25, 0.3) is 5.91 Å². The number of carbonyl (C=O) groups is 3. The zero-order valence-electron chi connectivity index (χ0n) is 14.2. The van der Waals surface area contributed by atoms with E-state index in [0.29, 0.717) is 5.69 Å². The molecule has 6 nitrogen and oxygen atoms in total. The summed E-state index contributed by atoms with van der Waals surface area (Å²) in [5, 5.41) is 5.46. The van der Waals surface area contributed by atoms with Gasteiger partial charge in [0.05, 0.1) is 23.7 Å². The number of benzene rings is 2. The SMILES string of the molecule is CC(=O)NC(CC(=O)Nc1ccccc1C(N)=O)c1ccc(C)cc1. The molecule has 2 aromatic rings. The number of hydrogen-bond donors (Lipinski definition) is 3. The molecule has 0 heterocycles. The second kappa shape index (κ2) is 8.10. The molecular formula is C19H21N3O3. The molecule has 2 rings (SSSR count). The van der Waals surface area contributed by atoms with Gasteiger partial charge in [-0.15, -0.1) is 0 Å². The maximum absolute atomic E-state index is 12.4. The van der Waals surface area contributed by atoms with Gasteiger partial charge in [-0.05, 0) is 24.6 Å². The minimum absolute atomic E-state index is 0.0374. The molecule has 0 saturated heterocycles. The van der Waals surface area contributed by atoms with Crippen LogP contribution in [0.25, 0.3) is 0 Å². The Balaban J connectivity index is 2.16. The van der Waals surface area contributed by atoms with Crippen LogP contribution in [0.5, 0.6) is 0 Å². The average molecular weight is 339 g/mol. The van der Waals surface area contributed by atoms with E-state index in [1.807, 2.05) is 31.2 Å². The van der Waals surface area contributed by atoms with Crippen molar-refractivity contribution in [3.8, 4) is 0 Å². The third-order valence-electron chi connectivity index (χ3n) is 3.71. The highest BCUT2D eigenvalue weighted by atomic mass is 16.2. The molecule has 0 spiro atoms. The first-order valence-corrected chi connectivity index (χ1v) is 7.89. The number of primary amides is 1. The fourth-order valence-corrected chi connectivity index (χ4v) is 2.49. The molecule has 2 aromatic carbocycles. The van der Waals surface area contributed by atoms with Crippen molar-refractivity contribution in [2.24, 2.45) is 5.73 Å². The summed E-state index contributed by atoms with van der Waals surface area (Å²) in [5.74, 6) is -1.17. The third kappa shape index (κ3) is 5.17. The van der Waals surface area contributed by atoms with Gasteiger partial charge in [-0.25, -0.2) is 0 Å². The lowest BCUT2D eigenvalue weighted by Gasteiger charge is -2.19. The molecule has 1 unspecified atom stereocenters. The van der Waals surface area contributed by atoms with E-state index in [4.69, 9.17) is 5.73 Å². The van der Waals surface area contributed by atoms with Crippen molar-refractivity contribution in [3.05, 3.63) is 65.2 Å². The number of anilines is 1. The fourth-order valence-electron chi connectivity index (χ4n) is 2.49. The normalized spacial score (nSPS) is 11.4. The molecule has 0 aliphatic carbocycles. The molecule has 6 heteroatoms. The van der Waals surface area contributed by atoms with Crippen molar-refractivity contribution in [2.45, 2.75) is 26.3 Å². The van der Waals surface area contributed by atoms with Crippen molar-refractivity contribution < 1.29 is 14.4 Å². The summed E-state index contributed by atoms with van der Waals surface area (Å²) >= 11 is 0. The summed E-state index contributed by atoms with van der Waals surface area (Å²) in [4.78, 5) is 35.3. The summed E-state index contributed by atoms with van der Waals surface area (Å²) in [6, 6.07) is 13.7. The van der Waals surface area contributed by atoms with Gasteiger partial charge >= 0.3 is 0 Å². The Morgan fingerprint density at radius 2 is 1.68 bits per heavy atom. The maximum Gasteiger partial charge on any atom is 0.250 e. The van der Waals surface area contributed by atoms with Crippen LogP contribution in [0.1, 0.15) is 40.9 Å². The summed E-state index contributed by atoms with van der Waals surface area (Å²) < 4.78 is 0. The van der Waals surface area contributed by atoms with Gasteiger partial charge < -0.3 is 16.4 Å². The van der Waals surface area contributed by atoms with Gasteiger partial charge in [-0.1, -0.05) is 42.0 Å². The summed E-state index contributed by atoms with van der Waals surface area (Å²) in [7, 11) is 0. The van der Waals surface area contributed by atoms with E-state index in [-0.39, 0.29) is 23.8 Å². The van der Waals surface area contributed by atoms with Crippen molar-refractivity contribution in [1.29, 1.82) is 0 Å². The smallest absolute Gasteiger partial charge is 0.250 e. The highest BCUT2D eigenvalue weighted by Gasteiger charge is 2.18. The van der Waals surface area contributed by atoms with Crippen LogP contribution in [-0.2, 0) is 9.59 Å².